The number of hydrogen-bond acceptors (Lipinski definition) is 8. The molecule has 1 aromatic rings. The van der Waals surface area contributed by atoms with Crippen molar-refractivity contribution in [2.45, 2.75) is 0 Å². The largest absolute Gasteiger partial charge is 0.726 e. The molecule has 2 N–H and O–H groups in total. The molecule has 12 nitrogen and oxygen atoms in total. The summed E-state index contributed by atoms with van der Waals surface area (Å²) in [6.07, 6.45) is 11.4. The van der Waals surface area contributed by atoms with E-state index in [4.69, 9.17) is 35.0 Å². The molecule has 0 aromatic carbocycles. The molecule has 130 valence electrons. The van der Waals surface area contributed by atoms with E-state index in [0.29, 0.717) is 11.3 Å². The topological polar surface area (TPSA) is 184 Å². The maximum absolute atomic E-state index is 8.63. The Kier molecular flexibility index (Phi) is 8.04. The smallest absolute Gasteiger partial charge is 0.336 e. The number of aliphatic imine (C=N–C) groups is 1. The summed E-state index contributed by atoms with van der Waals surface area (Å²) in [6.45, 7) is 0.715. The van der Waals surface area contributed by atoms with E-state index in [2.05, 4.69) is 23.2 Å². The van der Waals surface area contributed by atoms with Gasteiger partial charge in [-0.25, -0.2) is 21.8 Å². The van der Waals surface area contributed by atoms with E-state index in [1.165, 1.54) is 0 Å². The molecule has 1 aromatic heterocycles. The van der Waals surface area contributed by atoms with Crippen molar-refractivity contribution in [3.63, 3.8) is 0 Å². The van der Waals surface area contributed by atoms with Crippen LogP contribution in [0.3, 0.4) is 0 Å². The second-order valence-electron chi connectivity index (χ2n) is 4.02. The normalized spacial score (nSPS) is 19.9. The van der Waals surface area contributed by atoms with Gasteiger partial charge in [0.1, 0.15) is 19.4 Å². The maximum atomic E-state index is 8.63. The van der Waals surface area contributed by atoms with E-state index in [1.54, 1.807) is 12.5 Å². The first-order valence-electron chi connectivity index (χ1n) is 5.53. The highest BCUT2D eigenvalue weighted by atomic mass is 32.3. The van der Waals surface area contributed by atoms with E-state index in [1.807, 2.05) is 29.2 Å². The van der Waals surface area contributed by atoms with Crippen LogP contribution in [0.15, 0.2) is 42.1 Å². The molecule has 0 radical (unpaired) electrons. The molecule has 0 saturated carbocycles. The number of hydrogen-bond donors (Lipinski definition) is 2. The fraction of sp³-hybridized carbons (Fsp3) is 0.222. The Hall–Kier alpha value is -1.81. The summed E-state index contributed by atoms with van der Waals surface area (Å²) in [5.41, 5.74) is 0. The Bertz CT molecular complexity index is 701. The number of rotatable bonds is 1. The summed E-state index contributed by atoms with van der Waals surface area (Å²) in [7, 11) is -7.76. The lowest BCUT2D eigenvalue weighted by Crippen LogP contribution is -2.69. The van der Waals surface area contributed by atoms with Crippen LogP contribution in [0.25, 0.3) is 0 Å². The van der Waals surface area contributed by atoms with Gasteiger partial charge in [0.15, 0.2) is 6.20 Å². The Balaban J connectivity index is 0.000000406. The van der Waals surface area contributed by atoms with Crippen molar-refractivity contribution in [3.05, 3.63) is 37.1 Å². The maximum Gasteiger partial charge on any atom is 0.336 e. The molecule has 2 rings (SSSR count). The average Bonchev–Trinajstić information content (AvgIpc) is 2.37. The van der Waals surface area contributed by atoms with Crippen LogP contribution in [0, 0.1) is 0 Å². The van der Waals surface area contributed by atoms with Crippen LogP contribution < -0.4 is 9.27 Å². The molecule has 1 aliphatic rings. The van der Waals surface area contributed by atoms with Crippen molar-refractivity contribution in [2.75, 3.05) is 13.7 Å². The second-order valence-corrected chi connectivity index (χ2v) is 5.73. The summed E-state index contributed by atoms with van der Waals surface area (Å²) >= 11 is 0. The second kappa shape index (κ2) is 8.73. The zero-order valence-electron chi connectivity index (χ0n) is 11.7. The lowest BCUT2D eigenvalue weighted by atomic mass is 10.5. The molecule has 1 unspecified atom stereocenters. The standard InChI is InChI=1S/C9H12N4.2H2O4S/c1-13(7-3-5-11-9-13)12-6-2-4-10-8-12;2*1-5(2,3)4/h2-8H,9H2,1H3;2*(H2,1,2,3,4)/q+2;;/p-2. The van der Waals surface area contributed by atoms with Gasteiger partial charge in [-0.05, 0) is 0 Å². The summed E-state index contributed by atoms with van der Waals surface area (Å²) in [4.78, 5) is 8.29. The zero-order valence-corrected chi connectivity index (χ0v) is 13.3. The monoisotopic (exact) mass is 370 g/mol. The van der Waals surface area contributed by atoms with Crippen LogP contribution in [0.1, 0.15) is 0 Å². The van der Waals surface area contributed by atoms with Crippen LogP contribution in [-0.2, 0) is 20.8 Å². The predicted molar refractivity (Wildman–Crippen MR) is 75.0 cm³/mol. The van der Waals surface area contributed by atoms with Gasteiger partial charge in [-0.1, -0.05) is 9.66 Å². The van der Waals surface area contributed by atoms with Crippen molar-refractivity contribution >= 4 is 27.0 Å². The third kappa shape index (κ3) is 13.6. The van der Waals surface area contributed by atoms with E-state index >= 15 is 0 Å². The van der Waals surface area contributed by atoms with Gasteiger partial charge in [0, 0.05) is 18.4 Å². The quantitative estimate of drug-likeness (QED) is 0.244. The zero-order chi connectivity index (χ0) is 18.1. The summed E-state index contributed by atoms with van der Waals surface area (Å²) in [6, 6.07) is 1.91. The SMILES string of the molecule is C[N+]1([n+]2cccnc2)C=CC=NC1.O=S(=O)([O-])O.O=S(=O)([O-])O. The van der Waals surface area contributed by atoms with Crippen molar-refractivity contribution in [3.8, 4) is 0 Å². The van der Waals surface area contributed by atoms with Crippen molar-refractivity contribution in [1.82, 2.24) is 9.58 Å². The molecule has 0 bridgehead atoms. The first-order chi connectivity index (χ1) is 10.3. The van der Waals surface area contributed by atoms with Gasteiger partial charge in [0.25, 0.3) is 0 Å². The van der Waals surface area contributed by atoms with Crippen LogP contribution in [0.5, 0.6) is 0 Å². The van der Waals surface area contributed by atoms with Gasteiger partial charge in [-0.15, -0.1) is 4.59 Å². The Labute approximate surface area is 132 Å². The van der Waals surface area contributed by atoms with E-state index < -0.39 is 20.8 Å². The third-order valence-corrected chi connectivity index (χ3v) is 2.09. The van der Waals surface area contributed by atoms with Gasteiger partial charge in [0.05, 0.1) is 0 Å². The van der Waals surface area contributed by atoms with E-state index in [9.17, 15) is 0 Å². The summed E-state index contributed by atoms with van der Waals surface area (Å²) < 4.78 is 68.3. The molecule has 0 spiro atoms. The van der Waals surface area contributed by atoms with E-state index in [-0.39, 0.29) is 0 Å². The molecule has 14 heteroatoms. The molecule has 2 heterocycles. The highest BCUT2D eigenvalue weighted by molar-refractivity contribution is 7.80. The Morgan fingerprint density at radius 1 is 1.17 bits per heavy atom. The van der Waals surface area contributed by atoms with E-state index in [0.717, 1.165) is 0 Å². The highest BCUT2D eigenvalue weighted by Gasteiger charge is 2.26. The lowest BCUT2D eigenvalue weighted by Gasteiger charge is -2.24. The van der Waals surface area contributed by atoms with Crippen LogP contribution in [-0.4, -0.2) is 60.0 Å². The van der Waals surface area contributed by atoms with Gasteiger partial charge in [-0.3, -0.25) is 9.11 Å². The molecule has 23 heavy (non-hydrogen) atoms. The van der Waals surface area contributed by atoms with Crippen molar-refractivity contribution in [1.29, 1.82) is 0 Å². The lowest BCUT2D eigenvalue weighted by molar-refractivity contribution is -0.809. The molecule has 0 aliphatic carbocycles. The molecule has 0 saturated heterocycles. The molecule has 0 fully saturated rings. The number of allylic oxidation sites excluding steroid dienone is 1. The minimum absolute atomic E-state index is 0.615. The van der Waals surface area contributed by atoms with Crippen LogP contribution in [0.2, 0.25) is 0 Å². The fourth-order valence-electron chi connectivity index (χ4n) is 1.29. The molecular weight excluding hydrogens is 356 g/mol. The molecule has 1 atom stereocenters. The predicted octanol–water partition coefficient (Wildman–Crippen LogP) is -2.00. The molecule has 0 amide bonds. The third-order valence-electron chi connectivity index (χ3n) is 2.09. The first kappa shape index (κ1) is 21.2. The molecule has 1 aliphatic heterocycles. The highest BCUT2D eigenvalue weighted by Crippen LogP contribution is 1.97. The molecular formula is C9H14N4O8S2. The number of quaternary nitrogens is 1. The van der Waals surface area contributed by atoms with Crippen molar-refractivity contribution in [2.24, 2.45) is 4.99 Å². The summed E-state index contributed by atoms with van der Waals surface area (Å²) in [5.74, 6) is 0. The van der Waals surface area contributed by atoms with Crippen LogP contribution in [0.4, 0.5) is 0 Å². The Morgan fingerprint density at radius 2 is 1.70 bits per heavy atom. The first-order valence-corrected chi connectivity index (χ1v) is 8.26. The average molecular weight is 370 g/mol. The van der Waals surface area contributed by atoms with Gasteiger partial charge in [0.2, 0.25) is 27.5 Å². The van der Waals surface area contributed by atoms with Crippen LogP contribution >= 0.6 is 0 Å². The van der Waals surface area contributed by atoms with Gasteiger partial charge >= 0.3 is 6.33 Å². The summed E-state index contributed by atoms with van der Waals surface area (Å²) in [5, 5.41) is 0. The minimum atomic E-state index is -4.92. The fourth-order valence-corrected chi connectivity index (χ4v) is 1.29. The van der Waals surface area contributed by atoms with Crippen molar-refractivity contribution < 1.29 is 39.7 Å². The Morgan fingerprint density at radius 3 is 2.04 bits per heavy atom. The minimum Gasteiger partial charge on any atom is -0.726 e. The van der Waals surface area contributed by atoms with Gasteiger partial charge in [-0.2, -0.15) is 0 Å². The van der Waals surface area contributed by atoms with Gasteiger partial charge < -0.3 is 9.11 Å². The number of aromatic nitrogens is 2. The number of nitrogens with zero attached hydrogens (tertiary/aromatic N) is 4.